The van der Waals surface area contributed by atoms with Crippen molar-refractivity contribution in [2.75, 3.05) is 27.8 Å². The van der Waals surface area contributed by atoms with Gasteiger partial charge in [-0.3, -0.25) is 14.2 Å². The molecule has 1 aromatic heterocycles. The highest BCUT2D eigenvalue weighted by atomic mass is 35.5. The number of rotatable bonds is 10. The quantitative estimate of drug-likeness (QED) is 0.245. The fraction of sp³-hybridized carbons (Fsp3) is 0.214. The first-order chi connectivity index (χ1) is 18.6. The van der Waals surface area contributed by atoms with E-state index < -0.39 is 0 Å². The average molecular weight is 547 g/mol. The zero-order chi connectivity index (χ0) is 26.3. The molecule has 8 nitrogen and oxygen atoms in total. The van der Waals surface area contributed by atoms with E-state index in [1.165, 1.54) is 11.8 Å². The van der Waals surface area contributed by atoms with Crippen molar-refractivity contribution >= 4 is 52.2 Å². The molecule has 38 heavy (non-hydrogen) atoms. The van der Waals surface area contributed by atoms with Crippen molar-refractivity contribution in [1.29, 1.82) is 0 Å². The van der Waals surface area contributed by atoms with E-state index in [-0.39, 0.29) is 11.8 Å². The minimum Gasteiger partial charge on any atom is -0.378 e. The van der Waals surface area contributed by atoms with Gasteiger partial charge in [-0.1, -0.05) is 47.6 Å². The van der Waals surface area contributed by atoms with Crippen molar-refractivity contribution in [2.24, 2.45) is 0 Å². The van der Waals surface area contributed by atoms with Crippen molar-refractivity contribution in [2.45, 2.75) is 31.0 Å². The highest BCUT2D eigenvalue weighted by molar-refractivity contribution is 7.99. The van der Waals surface area contributed by atoms with E-state index in [0.717, 1.165) is 29.3 Å². The van der Waals surface area contributed by atoms with E-state index in [1.54, 1.807) is 4.90 Å². The van der Waals surface area contributed by atoms with Gasteiger partial charge in [-0.2, -0.15) is 0 Å². The van der Waals surface area contributed by atoms with Crippen LogP contribution in [0.4, 0.5) is 17.1 Å². The molecule has 2 heterocycles. The van der Waals surface area contributed by atoms with Crippen LogP contribution in [0.2, 0.25) is 5.02 Å². The molecular weight excluding hydrogens is 520 g/mol. The molecular formula is C28H27ClN6O2S. The summed E-state index contributed by atoms with van der Waals surface area (Å²) < 4.78 is 2.00. The zero-order valence-electron chi connectivity index (χ0n) is 20.6. The number of nitrogens with one attached hydrogen (secondary N) is 2. The Balaban J connectivity index is 1.21. The number of hydrogen-bond donors (Lipinski definition) is 2. The van der Waals surface area contributed by atoms with Gasteiger partial charge in [0.2, 0.25) is 11.8 Å². The second kappa shape index (κ2) is 12.1. The predicted molar refractivity (Wildman–Crippen MR) is 152 cm³/mol. The van der Waals surface area contributed by atoms with Crippen LogP contribution in [0, 0.1) is 0 Å². The fourth-order valence-corrected chi connectivity index (χ4v) is 5.26. The minimum atomic E-state index is -0.0993. The fourth-order valence-electron chi connectivity index (χ4n) is 4.22. The number of halogens is 1. The average Bonchev–Trinajstić information content (AvgIpc) is 3.55. The lowest BCUT2D eigenvalue weighted by molar-refractivity contribution is -0.117. The molecule has 2 N–H and O–H groups in total. The van der Waals surface area contributed by atoms with Gasteiger partial charge in [0.25, 0.3) is 0 Å². The number of benzene rings is 3. The molecule has 0 bridgehead atoms. The molecule has 10 heteroatoms. The minimum absolute atomic E-state index is 0.0993. The number of thioether (sulfide) groups is 1. The van der Waals surface area contributed by atoms with Gasteiger partial charge in [0.15, 0.2) is 11.0 Å². The summed E-state index contributed by atoms with van der Waals surface area (Å²) in [5, 5.41) is 16.5. The summed E-state index contributed by atoms with van der Waals surface area (Å²) in [6.45, 7) is 1.19. The molecule has 5 rings (SSSR count). The Hall–Kier alpha value is -3.82. The normalized spacial score (nSPS) is 13.1. The van der Waals surface area contributed by atoms with Crippen LogP contribution in [-0.4, -0.2) is 38.9 Å². The smallest absolute Gasteiger partial charge is 0.227 e. The monoisotopic (exact) mass is 546 g/mol. The lowest BCUT2D eigenvalue weighted by Gasteiger charge is -2.16. The molecule has 0 spiro atoms. The number of carbonyl (C=O) groups is 2. The van der Waals surface area contributed by atoms with Crippen LogP contribution in [0.25, 0.3) is 5.69 Å². The first-order valence-electron chi connectivity index (χ1n) is 12.4. The molecule has 1 saturated heterocycles. The third-order valence-electron chi connectivity index (χ3n) is 6.08. The van der Waals surface area contributed by atoms with Gasteiger partial charge >= 0.3 is 0 Å². The van der Waals surface area contributed by atoms with Crippen molar-refractivity contribution in [3.05, 3.63) is 89.7 Å². The Labute approximate surface area is 230 Å². The first-order valence-corrected chi connectivity index (χ1v) is 13.8. The molecule has 0 radical (unpaired) electrons. The Morgan fingerprint density at radius 3 is 2.50 bits per heavy atom. The van der Waals surface area contributed by atoms with E-state index in [9.17, 15) is 9.59 Å². The molecule has 2 amide bonds. The zero-order valence-corrected chi connectivity index (χ0v) is 22.2. The largest absolute Gasteiger partial charge is 0.378 e. The molecule has 1 aliphatic heterocycles. The van der Waals surface area contributed by atoms with Crippen molar-refractivity contribution in [3.63, 3.8) is 0 Å². The van der Waals surface area contributed by atoms with Crippen LogP contribution in [0.5, 0.6) is 0 Å². The van der Waals surface area contributed by atoms with Crippen LogP contribution in [0.1, 0.15) is 25.1 Å². The summed E-state index contributed by atoms with van der Waals surface area (Å²) >= 11 is 7.47. The summed E-state index contributed by atoms with van der Waals surface area (Å²) in [5.41, 5.74) is 3.38. The Morgan fingerprint density at radius 1 is 0.947 bits per heavy atom. The van der Waals surface area contributed by atoms with E-state index in [1.807, 2.05) is 83.4 Å². The molecule has 1 fully saturated rings. The third kappa shape index (κ3) is 6.35. The predicted octanol–water partition coefficient (Wildman–Crippen LogP) is 5.78. The first kappa shape index (κ1) is 25.8. The van der Waals surface area contributed by atoms with Crippen molar-refractivity contribution in [1.82, 2.24) is 14.8 Å². The molecule has 1 aliphatic rings. The standard InChI is InChI=1S/C28H27ClN6O2S/c29-20-11-13-21(14-12-20)30-19-25-32-33-28(35(25)23-7-2-1-3-8-23)38-17-15-26(36)31-22-6-4-9-24(18-22)34-16-5-10-27(34)37/h1-4,6-9,11-14,18,30H,5,10,15-17,19H2,(H,31,36). The molecule has 3 aromatic carbocycles. The van der Waals surface area contributed by atoms with Crippen LogP contribution in [0.15, 0.2) is 84.0 Å². The lowest BCUT2D eigenvalue weighted by atomic mass is 10.2. The maximum atomic E-state index is 12.7. The van der Waals surface area contributed by atoms with E-state index in [2.05, 4.69) is 20.8 Å². The third-order valence-corrected chi connectivity index (χ3v) is 7.27. The van der Waals surface area contributed by atoms with E-state index in [4.69, 9.17) is 11.6 Å². The molecule has 0 saturated carbocycles. The summed E-state index contributed by atoms with van der Waals surface area (Å²) in [4.78, 5) is 26.5. The summed E-state index contributed by atoms with van der Waals surface area (Å²) in [5.74, 6) is 1.31. The Bertz CT molecular complexity index is 1410. The summed E-state index contributed by atoms with van der Waals surface area (Å²) in [6, 6.07) is 24.8. The number of nitrogens with zero attached hydrogens (tertiary/aromatic N) is 4. The maximum Gasteiger partial charge on any atom is 0.227 e. The number of aromatic nitrogens is 3. The topological polar surface area (TPSA) is 92.2 Å². The van der Waals surface area contributed by atoms with Gasteiger partial charge in [0, 0.05) is 52.9 Å². The molecule has 0 aliphatic carbocycles. The molecule has 4 aromatic rings. The number of carbonyl (C=O) groups excluding carboxylic acids is 2. The summed E-state index contributed by atoms with van der Waals surface area (Å²) in [6.07, 6.45) is 1.73. The molecule has 0 unspecified atom stereocenters. The number of amides is 2. The van der Waals surface area contributed by atoms with Crippen LogP contribution in [-0.2, 0) is 16.1 Å². The Kier molecular flexibility index (Phi) is 8.25. The van der Waals surface area contributed by atoms with Crippen molar-refractivity contribution < 1.29 is 9.59 Å². The van der Waals surface area contributed by atoms with Gasteiger partial charge in [0.1, 0.15) is 0 Å². The number of hydrogen-bond acceptors (Lipinski definition) is 6. The van der Waals surface area contributed by atoms with Crippen molar-refractivity contribution in [3.8, 4) is 5.69 Å². The van der Waals surface area contributed by atoms with Crippen LogP contribution in [0.3, 0.4) is 0 Å². The second-order valence-electron chi connectivity index (χ2n) is 8.78. The van der Waals surface area contributed by atoms with Gasteiger partial charge < -0.3 is 15.5 Å². The number of para-hydroxylation sites is 1. The van der Waals surface area contributed by atoms with Crippen LogP contribution < -0.4 is 15.5 Å². The summed E-state index contributed by atoms with van der Waals surface area (Å²) in [7, 11) is 0. The molecule has 194 valence electrons. The maximum absolute atomic E-state index is 12.7. The molecule has 0 atom stereocenters. The Morgan fingerprint density at radius 2 is 1.74 bits per heavy atom. The van der Waals surface area contributed by atoms with Gasteiger partial charge in [-0.25, -0.2) is 0 Å². The SMILES string of the molecule is O=C(CCSc1nnc(CNc2ccc(Cl)cc2)n1-c1ccccc1)Nc1cccc(N2CCCC2=O)c1. The highest BCUT2D eigenvalue weighted by Gasteiger charge is 2.22. The van der Waals surface area contributed by atoms with E-state index in [0.29, 0.717) is 47.6 Å². The lowest BCUT2D eigenvalue weighted by Crippen LogP contribution is -2.23. The van der Waals surface area contributed by atoms with Gasteiger partial charge in [-0.05, 0) is 61.0 Å². The van der Waals surface area contributed by atoms with E-state index >= 15 is 0 Å². The van der Waals surface area contributed by atoms with Crippen LogP contribution >= 0.6 is 23.4 Å². The van der Waals surface area contributed by atoms with Gasteiger partial charge in [0.05, 0.1) is 6.54 Å². The number of anilines is 3. The highest BCUT2D eigenvalue weighted by Crippen LogP contribution is 2.26. The van der Waals surface area contributed by atoms with Gasteiger partial charge in [-0.15, -0.1) is 10.2 Å². The second-order valence-corrected chi connectivity index (χ2v) is 10.3.